The molecule has 0 spiro atoms. The third kappa shape index (κ3) is 4.17. The molecule has 0 bridgehead atoms. The van der Waals surface area contributed by atoms with Crippen LogP contribution in [0.15, 0.2) is 46.8 Å². The van der Waals surface area contributed by atoms with Gasteiger partial charge in [-0.05, 0) is 54.7 Å². The molecule has 0 unspecified atom stereocenters. The summed E-state index contributed by atoms with van der Waals surface area (Å²) in [4.78, 5) is 12.2. The molecule has 9 heteroatoms. The lowest BCUT2D eigenvalue weighted by molar-refractivity contribution is 0.102. The summed E-state index contributed by atoms with van der Waals surface area (Å²) in [5.74, 6) is -0.976. The van der Waals surface area contributed by atoms with Crippen LogP contribution in [-0.2, 0) is 0 Å². The predicted octanol–water partition coefficient (Wildman–Crippen LogP) is 4.93. The van der Waals surface area contributed by atoms with Gasteiger partial charge in [0.15, 0.2) is 25.6 Å². The molecule has 0 saturated carbocycles. The van der Waals surface area contributed by atoms with Crippen LogP contribution in [0.2, 0.25) is 0 Å². The first kappa shape index (κ1) is 18.7. The van der Waals surface area contributed by atoms with Crippen molar-refractivity contribution in [3.05, 3.63) is 63.6 Å². The Morgan fingerprint density at radius 3 is 2.65 bits per heavy atom. The number of nitrogens with zero attached hydrogens (tertiary/aromatic N) is 2. The molecule has 4 nitrogen and oxygen atoms in total. The number of thioether (sulfide) groups is 1. The number of Topliss-reactive ketones (excluding diaryl/α,β-unsaturated/α-hetero) is 1. The van der Waals surface area contributed by atoms with Crippen molar-refractivity contribution in [1.29, 1.82) is 0 Å². The van der Waals surface area contributed by atoms with Gasteiger partial charge in [0.25, 0.3) is 0 Å². The van der Waals surface area contributed by atoms with Crippen molar-refractivity contribution < 1.29 is 18.3 Å². The van der Waals surface area contributed by atoms with Crippen molar-refractivity contribution in [3.8, 4) is 11.4 Å². The standard InChI is InChI=1S/C17H12F2N2O2S3/c1-23-15-7-2-10(8-13(15)19)14(22)9-25-16-20-21(17(24)26-16)12-5-3-11(18)4-6-12/h2-8H,9H2,1H3. The highest BCUT2D eigenvalue weighted by Gasteiger charge is 2.13. The summed E-state index contributed by atoms with van der Waals surface area (Å²) in [5.41, 5.74) is 0.903. The van der Waals surface area contributed by atoms with Gasteiger partial charge in [-0.25, -0.2) is 13.5 Å². The highest BCUT2D eigenvalue weighted by molar-refractivity contribution is 8.01. The highest BCUT2D eigenvalue weighted by atomic mass is 32.2. The predicted molar refractivity (Wildman–Crippen MR) is 100 cm³/mol. The first-order valence-corrected chi connectivity index (χ1v) is 9.54. The molecule has 0 aliphatic carbocycles. The zero-order valence-electron chi connectivity index (χ0n) is 13.4. The lowest BCUT2D eigenvalue weighted by atomic mass is 10.1. The molecule has 0 aliphatic rings. The summed E-state index contributed by atoms with van der Waals surface area (Å²) in [6.07, 6.45) is 0. The largest absolute Gasteiger partial charge is 0.494 e. The van der Waals surface area contributed by atoms with Gasteiger partial charge in [-0.3, -0.25) is 4.79 Å². The van der Waals surface area contributed by atoms with Crippen LogP contribution in [0, 0.1) is 15.6 Å². The molecule has 0 atom stereocenters. The van der Waals surface area contributed by atoms with Crippen molar-refractivity contribution >= 4 is 41.1 Å². The second-order valence-electron chi connectivity index (χ2n) is 5.08. The van der Waals surface area contributed by atoms with Crippen LogP contribution in [0.3, 0.4) is 0 Å². The maximum absolute atomic E-state index is 13.7. The Morgan fingerprint density at radius 2 is 2.00 bits per heavy atom. The number of ketones is 1. The number of methoxy groups -OCH3 is 1. The van der Waals surface area contributed by atoms with Gasteiger partial charge in [0, 0.05) is 5.56 Å². The number of halogens is 2. The van der Waals surface area contributed by atoms with E-state index in [0.717, 1.165) is 6.07 Å². The van der Waals surface area contributed by atoms with Gasteiger partial charge in [0.05, 0.1) is 18.6 Å². The topological polar surface area (TPSA) is 44.1 Å². The number of hydrogen-bond acceptors (Lipinski definition) is 6. The molecule has 0 aliphatic heterocycles. The Bertz CT molecular complexity index is 1000. The van der Waals surface area contributed by atoms with Crippen LogP contribution in [0.5, 0.6) is 5.75 Å². The molecule has 0 amide bonds. The first-order chi connectivity index (χ1) is 12.5. The fourth-order valence-electron chi connectivity index (χ4n) is 2.12. The van der Waals surface area contributed by atoms with E-state index in [1.165, 1.54) is 59.2 Å². The van der Waals surface area contributed by atoms with Crippen molar-refractivity contribution in [2.75, 3.05) is 12.9 Å². The van der Waals surface area contributed by atoms with Crippen molar-refractivity contribution in [3.63, 3.8) is 0 Å². The maximum atomic E-state index is 13.7. The van der Waals surface area contributed by atoms with E-state index in [4.69, 9.17) is 17.0 Å². The van der Waals surface area contributed by atoms with E-state index in [1.54, 1.807) is 12.1 Å². The van der Waals surface area contributed by atoms with E-state index in [-0.39, 0.29) is 28.7 Å². The Morgan fingerprint density at radius 1 is 1.27 bits per heavy atom. The van der Waals surface area contributed by atoms with Gasteiger partial charge in [-0.15, -0.1) is 5.10 Å². The Balaban J connectivity index is 1.71. The molecule has 2 aromatic carbocycles. The number of hydrogen-bond donors (Lipinski definition) is 0. The second-order valence-corrected chi connectivity index (χ2v) is 7.93. The molecule has 1 heterocycles. The number of carbonyl (C=O) groups excluding carboxylic acids is 1. The monoisotopic (exact) mass is 410 g/mol. The van der Waals surface area contributed by atoms with Gasteiger partial charge < -0.3 is 4.74 Å². The fraction of sp³-hybridized carbons (Fsp3) is 0.118. The molecule has 3 rings (SSSR count). The number of carbonyl (C=O) groups is 1. The van der Waals surface area contributed by atoms with Crippen LogP contribution < -0.4 is 4.74 Å². The first-order valence-electron chi connectivity index (χ1n) is 7.33. The van der Waals surface area contributed by atoms with E-state index in [2.05, 4.69) is 5.10 Å². The van der Waals surface area contributed by atoms with E-state index >= 15 is 0 Å². The number of aromatic nitrogens is 2. The average Bonchev–Trinajstić information content (AvgIpc) is 3.01. The number of rotatable bonds is 6. The van der Waals surface area contributed by atoms with Crippen LogP contribution in [0.4, 0.5) is 8.78 Å². The lowest BCUT2D eigenvalue weighted by Crippen LogP contribution is -2.03. The van der Waals surface area contributed by atoms with Crippen molar-refractivity contribution in [2.45, 2.75) is 4.34 Å². The fourth-order valence-corrected chi connectivity index (χ4v) is 4.37. The molecule has 26 heavy (non-hydrogen) atoms. The molecule has 1 aromatic heterocycles. The van der Waals surface area contributed by atoms with Crippen molar-refractivity contribution in [1.82, 2.24) is 9.78 Å². The van der Waals surface area contributed by atoms with Crippen molar-refractivity contribution in [2.24, 2.45) is 0 Å². The summed E-state index contributed by atoms with van der Waals surface area (Å²) in [5, 5.41) is 4.35. The van der Waals surface area contributed by atoms with E-state index in [0.29, 0.717) is 14.0 Å². The molecule has 0 fully saturated rings. The summed E-state index contributed by atoms with van der Waals surface area (Å²) >= 11 is 7.73. The number of benzene rings is 2. The Labute approximate surface area is 161 Å². The summed E-state index contributed by atoms with van der Waals surface area (Å²) in [6.45, 7) is 0. The molecule has 0 radical (unpaired) electrons. The quantitative estimate of drug-likeness (QED) is 0.328. The molecule has 3 aromatic rings. The molecular formula is C17H12F2N2O2S3. The molecular weight excluding hydrogens is 398 g/mol. The molecule has 0 N–H and O–H groups in total. The van der Waals surface area contributed by atoms with Crippen LogP contribution in [0.25, 0.3) is 5.69 Å². The minimum Gasteiger partial charge on any atom is -0.494 e. The SMILES string of the molecule is COc1ccc(C(=O)CSc2nn(-c3ccc(F)cc3)c(=S)s2)cc1F. The van der Waals surface area contributed by atoms with Gasteiger partial charge in [-0.1, -0.05) is 23.1 Å². The van der Waals surface area contributed by atoms with Crippen LogP contribution in [0.1, 0.15) is 10.4 Å². The van der Waals surface area contributed by atoms with Gasteiger partial charge in [-0.2, -0.15) is 0 Å². The van der Waals surface area contributed by atoms with Crippen LogP contribution in [-0.4, -0.2) is 28.4 Å². The third-order valence-electron chi connectivity index (χ3n) is 3.40. The van der Waals surface area contributed by atoms with Gasteiger partial charge >= 0.3 is 0 Å². The Hall–Kier alpha value is -2.10. The highest BCUT2D eigenvalue weighted by Crippen LogP contribution is 2.26. The normalized spacial score (nSPS) is 10.7. The van der Waals surface area contributed by atoms with E-state index in [9.17, 15) is 13.6 Å². The molecule has 134 valence electrons. The average molecular weight is 410 g/mol. The molecule has 0 saturated heterocycles. The smallest absolute Gasteiger partial charge is 0.184 e. The van der Waals surface area contributed by atoms with E-state index < -0.39 is 5.82 Å². The zero-order valence-corrected chi connectivity index (χ0v) is 15.9. The lowest BCUT2D eigenvalue weighted by Gasteiger charge is -2.04. The van der Waals surface area contributed by atoms with E-state index in [1.807, 2.05) is 0 Å². The van der Waals surface area contributed by atoms with Gasteiger partial charge in [0.2, 0.25) is 0 Å². The Kier molecular flexibility index (Phi) is 5.80. The van der Waals surface area contributed by atoms with Crippen LogP contribution >= 0.6 is 35.3 Å². The van der Waals surface area contributed by atoms with Gasteiger partial charge in [0.1, 0.15) is 5.82 Å². The minimum atomic E-state index is -0.584. The minimum absolute atomic E-state index is 0.0882. The summed E-state index contributed by atoms with van der Waals surface area (Å²) in [7, 11) is 1.36. The second kappa shape index (κ2) is 8.07. The summed E-state index contributed by atoms with van der Waals surface area (Å²) in [6, 6.07) is 9.89. The third-order valence-corrected chi connectivity index (χ3v) is 5.77. The zero-order chi connectivity index (χ0) is 18.7. The summed E-state index contributed by atoms with van der Waals surface area (Å²) < 4.78 is 34.2. The number of ether oxygens (including phenoxy) is 1. The maximum Gasteiger partial charge on any atom is 0.184 e.